The monoisotopic (exact) mass is 495 g/mol. The lowest BCUT2D eigenvalue weighted by molar-refractivity contribution is -0.160. The van der Waals surface area contributed by atoms with E-state index in [1.54, 1.807) is 6.20 Å². The molecule has 0 bridgehead atoms. The van der Waals surface area contributed by atoms with Crippen molar-refractivity contribution >= 4 is 11.7 Å². The predicted octanol–water partition coefficient (Wildman–Crippen LogP) is 6.20. The number of aryl methyl sites for hydroxylation is 1. The van der Waals surface area contributed by atoms with Gasteiger partial charge in [-0.05, 0) is 76.8 Å². The lowest BCUT2D eigenvalue weighted by Crippen LogP contribution is -2.39. The summed E-state index contributed by atoms with van der Waals surface area (Å²) in [5, 5.41) is 10.2. The minimum Gasteiger partial charge on any atom is -0.489 e. The zero-order valence-electron chi connectivity index (χ0n) is 22.8. The van der Waals surface area contributed by atoms with Crippen LogP contribution in [0.25, 0.3) is 11.3 Å². The molecule has 2 aliphatic rings. The van der Waals surface area contributed by atoms with Crippen molar-refractivity contribution in [3.05, 3.63) is 35.8 Å². The zero-order valence-corrected chi connectivity index (χ0v) is 22.8. The van der Waals surface area contributed by atoms with Crippen LogP contribution in [0.3, 0.4) is 0 Å². The first-order valence-corrected chi connectivity index (χ1v) is 13.1. The van der Waals surface area contributed by atoms with Gasteiger partial charge in [-0.2, -0.15) is 0 Å². The highest BCUT2D eigenvalue weighted by molar-refractivity contribution is 5.85. The molecule has 0 radical (unpaired) electrons. The van der Waals surface area contributed by atoms with E-state index in [1.807, 2.05) is 46.0 Å². The van der Waals surface area contributed by atoms with E-state index in [4.69, 9.17) is 14.5 Å². The molecule has 4 rings (SSSR count). The largest absolute Gasteiger partial charge is 0.489 e. The van der Waals surface area contributed by atoms with Crippen molar-refractivity contribution in [2.75, 3.05) is 18.0 Å². The SMILES string of the molecule is Cc1ncc(-c2ccc(OC3CCC3C)cn2)c(N2CCC(C)(C)CC2)c1[C@H](OC(C)(C)C)C(=O)O. The number of hydrogen-bond donors (Lipinski definition) is 1. The number of aliphatic carboxylic acids is 1. The molecule has 2 unspecified atom stereocenters. The Morgan fingerprint density at radius 2 is 1.83 bits per heavy atom. The predicted molar refractivity (Wildman–Crippen MR) is 141 cm³/mol. The standard InChI is InChI=1S/C29H41N3O4/c1-18-8-11-23(18)35-20-9-10-22(31-16-20)21-17-30-19(2)24(26(27(33)34)36-28(3,4)5)25(21)32-14-12-29(6,7)13-15-32/h9-10,16-18,23,26H,8,11-15H2,1-7H3,(H,33,34)/t18?,23?,26-/m0/s1. The summed E-state index contributed by atoms with van der Waals surface area (Å²) in [6.07, 6.45) is 7.02. The summed E-state index contributed by atoms with van der Waals surface area (Å²) >= 11 is 0. The number of aromatic nitrogens is 2. The van der Waals surface area contributed by atoms with Crippen LogP contribution >= 0.6 is 0 Å². The van der Waals surface area contributed by atoms with Crippen LogP contribution in [-0.2, 0) is 9.53 Å². The Labute approximate surface area is 215 Å². The van der Waals surface area contributed by atoms with Crippen LogP contribution in [0.4, 0.5) is 5.69 Å². The van der Waals surface area contributed by atoms with Gasteiger partial charge >= 0.3 is 5.97 Å². The highest BCUT2D eigenvalue weighted by Gasteiger charge is 2.36. The van der Waals surface area contributed by atoms with E-state index in [1.165, 1.54) is 6.42 Å². The summed E-state index contributed by atoms with van der Waals surface area (Å²) < 4.78 is 12.2. The molecule has 2 aromatic rings. The van der Waals surface area contributed by atoms with Gasteiger partial charge in [-0.1, -0.05) is 20.8 Å². The van der Waals surface area contributed by atoms with Gasteiger partial charge in [0.2, 0.25) is 0 Å². The van der Waals surface area contributed by atoms with E-state index in [0.29, 0.717) is 17.2 Å². The van der Waals surface area contributed by atoms with E-state index < -0.39 is 17.7 Å². The lowest BCUT2D eigenvalue weighted by atomic mass is 9.82. The van der Waals surface area contributed by atoms with Crippen LogP contribution in [0.15, 0.2) is 24.5 Å². The second kappa shape index (κ2) is 10.0. The third-order valence-electron chi connectivity index (χ3n) is 7.52. The van der Waals surface area contributed by atoms with Crippen LogP contribution in [0, 0.1) is 18.3 Å². The third-order valence-corrected chi connectivity index (χ3v) is 7.52. The normalized spacial score (nSPS) is 22.6. The third kappa shape index (κ3) is 5.83. The molecule has 1 saturated heterocycles. The van der Waals surface area contributed by atoms with E-state index in [2.05, 4.69) is 30.7 Å². The lowest BCUT2D eigenvalue weighted by Gasteiger charge is -2.40. The van der Waals surface area contributed by atoms with Gasteiger partial charge in [0.15, 0.2) is 6.10 Å². The van der Waals surface area contributed by atoms with E-state index in [9.17, 15) is 9.90 Å². The maximum absolute atomic E-state index is 12.5. The molecule has 0 aromatic carbocycles. The maximum Gasteiger partial charge on any atom is 0.337 e. The average Bonchev–Trinajstić information content (AvgIpc) is 2.80. The van der Waals surface area contributed by atoms with E-state index >= 15 is 0 Å². The fourth-order valence-corrected chi connectivity index (χ4v) is 4.97. The van der Waals surface area contributed by atoms with Crippen LogP contribution in [0.5, 0.6) is 5.75 Å². The van der Waals surface area contributed by atoms with Gasteiger partial charge in [-0.15, -0.1) is 0 Å². The zero-order chi connectivity index (χ0) is 26.3. The first-order chi connectivity index (χ1) is 16.8. The minimum atomic E-state index is -1.13. The van der Waals surface area contributed by atoms with Gasteiger partial charge in [0.05, 0.1) is 23.2 Å². The Bertz CT molecular complexity index is 1080. The van der Waals surface area contributed by atoms with Crippen LogP contribution in [0.1, 0.15) is 84.6 Å². The first-order valence-electron chi connectivity index (χ1n) is 13.1. The molecule has 0 amide bonds. The molecule has 3 atom stereocenters. The minimum absolute atomic E-state index is 0.253. The van der Waals surface area contributed by atoms with Crippen molar-refractivity contribution in [3.8, 4) is 17.0 Å². The van der Waals surface area contributed by atoms with Crippen molar-refractivity contribution in [1.29, 1.82) is 0 Å². The molecule has 196 valence electrons. The van der Waals surface area contributed by atoms with Gasteiger partial charge < -0.3 is 19.5 Å². The van der Waals surface area contributed by atoms with Crippen molar-refractivity contribution in [3.63, 3.8) is 0 Å². The summed E-state index contributed by atoms with van der Waals surface area (Å²) in [5.41, 5.74) is 3.32. The van der Waals surface area contributed by atoms with Crippen LogP contribution in [-0.4, -0.2) is 45.8 Å². The molecule has 1 aliphatic heterocycles. The number of carboxylic acids is 1. The van der Waals surface area contributed by atoms with Crippen molar-refractivity contribution < 1.29 is 19.4 Å². The Balaban J connectivity index is 1.78. The van der Waals surface area contributed by atoms with Crippen molar-refractivity contribution in [1.82, 2.24) is 9.97 Å². The summed E-state index contributed by atoms with van der Waals surface area (Å²) in [6, 6.07) is 3.91. The van der Waals surface area contributed by atoms with E-state index in [0.717, 1.165) is 55.0 Å². The summed E-state index contributed by atoms with van der Waals surface area (Å²) in [4.78, 5) is 24.2. The maximum atomic E-state index is 12.5. The molecule has 7 nitrogen and oxygen atoms in total. The summed E-state index contributed by atoms with van der Waals surface area (Å²) in [6.45, 7) is 15.9. The number of carboxylic acid groups (broad SMARTS) is 1. The molecule has 3 heterocycles. The summed E-state index contributed by atoms with van der Waals surface area (Å²) in [5.74, 6) is 0.312. The number of pyridine rings is 2. The second-order valence-electron chi connectivity index (χ2n) is 12.2. The molecule has 1 aliphatic carbocycles. The van der Waals surface area contributed by atoms with Gasteiger partial charge in [0, 0.05) is 36.1 Å². The van der Waals surface area contributed by atoms with E-state index in [-0.39, 0.29) is 11.5 Å². The summed E-state index contributed by atoms with van der Waals surface area (Å²) in [7, 11) is 0. The Kier molecular flexibility index (Phi) is 7.33. The number of piperidine rings is 1. The van der Waals surface area contributed by atoms with Crippen LogP contribution in [0.2, 0.25) is 0 Å². The number of hydrogen-bond acceptors (Lipinski definition) is 6. The number of carbonyl (C=O) groups is 1. The second-order valence-corrected chi connectivity index (χ2v) is 12.2. The first kappa shape index (κ1) is 26.4. The quantitative estimate of drug-likeness (QED) is 0.490. The molecule has 7 heteroatoms. The van der Waals surface area contributed by atoms with Gasteiger partial charge in [-0.25, -0.2) is 4.79 Å². The number of nitrogens with zero attached hydrogens (tertiary/aromatic N) is 3. The topological polar surface area (TPSA) is 84.8 Å². The molecular weight excluding hydrogens is 454 g/mol. The number of anilines is 1. The van der Waals surface area contributed by atoms with Crippen molar-refractivity contribution in [2.45, 2.75) is 92.0 Å². The molecule has 0 spiro atoms. The Morgan fingerprint density at radius 3 is 2.33 bits per heavy atom. The van der Waals surface area contributed by atoms with Gasteiger partial charge in [0.25, 0.3) is 0 Å². The van der Waals surface area contributed by atoms with Gasteiger partial charge in [-0.3, -0.25) is 9.97 Å². The molecule has 36 heavy (non-hydrogen) atoms. The molecule has 2 aromatic heterocycles. The fourth-order valence-electron chi connectivity index (χ4n) is 4.97. The van der Waals surface area contributed by atoms with Crippen molar-refractivity contribution in [2.24, 2.45) is 11.3 Å². The molecular formula is C29H41N3O4. The fraction of sp³-hybridized carbons (Fsp3) is 0.621. The molecule has 1 saturated carbocycles. The molecule has 1 N–H and O–H groups in total. The average molecular weight is 496 g/mol. The van der Waals surface area contributed by atoms with Crippen LogP contribution < -0.4 is 9.64 Å². The Morgan fingerprint density at radius 1 is 1.14 bits per heavy atom. The molecule has 2 fully saturated rings. The Hall–Kier alpha value is -2.67. The highest BCUT2D eigenvalue weighted by atomic mass is 16.5. The highest BCUT2D eigenvalue weighted by Crippen LogP contribution is 2.43. The number of rotatable bonds is 7. The smallest absolute Gasteiger partial charge is 0.337 e. The number of ether oxygens (including phenoxy) is 2. The van der Waals surface area contributed by atoms with Gasteiger partial charge in [0.1, 0.15) is 11.9 Å².